The maximum absolute atomic E-state index is 3.69. The third kappa shape index (κ3) is 5.25. The van der Waals surface area contributed by atoms with Crippen molar-refractivity contribution in [3.8, 4) is 0 Å². The lowest BCUT2D eigenvalue weighted by Gasteiger charge is -2.32. The SMILES string of the molecule is CCCCN1CCC(NCc2ccc(Br)cc2)CC1. The van der Waals surface area contributed by atoms with Gasteiger partial charge in [-0.2, -0.15) is 0 Å². The lowest BCUT2D eigenvalue weighted by molar-refractivity contribution is 0.195. The van der Waals surface area contributed by atoms with Gasteiger partial charge in [-0.3, -0.25) is 0 Å². The Bertz CT molecular complexity index is 356. The van der Waals surface area contributed by atoms with Crippen molar-refractivity contribution in [3.05, 3.63) is 34.3 Å². The van der Waals surface area contributed by atoms with Crippen LogP contribution in [0.5, 0.6) is 0 Å². The summed E-state index contributed by atoms with van der Waals surface area (Å²) in [5.74, 6) is 0. The number of hydrogen-bond donors (Lipinski definition) is 1. The van der Waals surface area contributed by atoms with Crippen LogP contribution < -0.4 is 5.32 Å². The van der Waals surface area contributed by atoms with Gasteiger partial charge < -0.3 is 10.2 Å². The smallest absolute Gasteiger partial charge is 0.0208 e. The maximum Gasteiger partial charge on any atom is 0.0208 e. The van der Waals surface area contributed by atoms with Crippen LogP contribution in [0.15, 0.2) is 28.7 Å². The molecule has 0 saturated carbocycles. The van der Waals surface area contributed by atoms with Gasteiger partial charge in [-0.05, 0) is 56.6 Å². The van der Waals surface area contributed by atoms with Crippen molar-refractivity contribution in [3.63, 3.8) is 0 Å². The van der Waals surface area contributed by atoms with E-state index in [4.69, 9.17) is 0 Å². The van der Waals surface area contributed by atoms with Crippen molar-refractivity contribution >= 4 is 15.9 Å². The molecule has 0 spiro atoms. The van der Waals surface area contributed by atoms with E-state index in [1.165, 1.54) is 50.9 Å². The Kier molecular flexibility index (Phi) is 6.35. The first-order chi connectivity index (χ1) is 9.28. The number of nitrogens with zero attached hydrogens (tertiary/aromatic N) is 1. The van der Waals surface area contributed by atoms with E-state index < -0.39 is 0 Å². The summed E-state index contributed by atoms with van der Waals surface area (Å²) < 4.78 is 1.15. The van der Waals surface area contributed by atoms with Crippen LogP contribution in [0.25, 0.3) is 0 Å². The molecule has 0 amide bonds. The molecule has 2 rings (SSSR count). The number of benzene rings is 1. The first-order valence-electron chi connectivity index (χ1n) is 7.48. The van der Waals surface area contributed by atoms with Gasteiger partial charge in [0.05, 0.1) is 0 Å². The molecule has 2 nitrogen and oxygen atoms in total. The summed E-state index contributed by atoms with van der Waals surface area (Å²) in [6, 6.07) is 9.30. The fraction of sp³-hybridized carbons (Fsp3) is 0.625. The molecule has 0 unspecified atom stereocenters. The molecule has 0 aromatic heterocycles. The van der Waals surface area contributed by atoms with E-state index in [-0.39, 0.29) is 0 Å². The van der Waals surface area contributed by atoms with Crippen molar-refractivity contribution < 1.29 is 0 Å². The predicted octanol–water partition coefficient (Wildman–Crippen LogP) is 3.80. The van der Waals surface area contributed by atoms with Gasteiger partial charge in [0.1, 0.15) is 0 Å². The van der Waals surface area contributed by atoms with Gasteiger partial charge in [0.2, 0.25) is 0 Å². The monoisotopic (exact) mass is 324 g/mol. The largest absolute Gasteiger partial charge is 0.310 e. The Morgan fingerprint density at radius 3 is 2.53 bits per heavy atom. The highest BCUT2D eigenvalue weighted by Gasteiger charge is 2.17. The lowest BCUT2D eigenvalue weighted by Crippen LogP contribution is -2.42. The normalized spacial score (nSPS) is 17.8. The average molecular weight is 325 g/mol. The number of likely N-dealkylation sites (tertiary alicyclic amines) is 1. The van der Waals surface area contributed by atoms with Crippen LogP contribution in [0, 0.1) is 0 Å². The molecule has 0 atom stereocenters. The van der Waals surface area contributed by atoms with Gasteiger partial charge in [-0.25, -0.2) is 0 Å². The zero-order valence-electron chi connectivity index (χ0n) is 11.9. The highest BCUT2D eigenvalue weighted by Crippen LogP contribution is 2.13. The number of halogens is 1. The van der Waals surface area contributed by atoms with Crippen molar-refractivity contribution in [2.45, 2.75) is 45.2 Å². The fourth-order valence-electron chi connectivity index (χ4n) is 2.61. The molecule has 0 bridgehead atoms. The highest BCUT2D eigenvalue weighted by atomic mass is 79.9. The molecule has 1 aromatic carbocycles. The predicted molar refractivity (Wildman–Crippen MR) is 85.4 cm³/mol. The van der Waals surface area contributed by atoms with Crippen LogP contribution in [0.3, 0.4) is 0 Å². The van der Waals surface area contributed by atoms with E-state index in [9.17, 15) is 0 Å². The van der Waals surface area contributed by atoms with Crippen LogP contribution in [0.4, 0.5) is 0 Å². The molecule has 106 valence electrons. The van der Waals surface area contributed by atoms with Gasteiger partial charge in [-0.1, -0.05) is 41.4 Å². The molecular formula is C16H25BrN2. The number of nitrogens with one attached hydrogen (secondary N) is 1. The number of hydrogen-bond acceptors (Lipinski definition) is 2. The topological polar surface area (TPSA) is 15.3 Å². The van der Waals surface area contributed by atoms with E-state index >= 15 is 0 Å². The molecule has 0 radical (unpaired) electrons. The summed E-state index contributed by atoms with van der Waals surface area (Å²) in [4.78, 5) is 2.61. The Balaban J connectivity index is 1.67. The Labute approximate surface area is 125 Å². The van der Waals surface area contributed by atoms with E-state index in [1.54, 1.807) is 0 Å². The van der Waals surface area contributed by atoms with Crippen molar-refractivity contribution in [2.75, 3.05) is 19.6 Å². The zero-order chi connectivity index (χ0) is 13.5. The van der Waals surface area contributed by atoms with Gasteiger partial charge in [0.25, 0.3) is 0 Å². The Morgan fingerprint density at radius 2 is 1.89 bits per heavy atom. The first-order valence-corrected chi connectivity index (χ1v) is 8.27. The Morgan fingerprint density at radius 1 is 1.21 bits per heavy atom. The second kappa shape index (κ2) is 8.03. The summed E-state index contributed by atoms with van der Waals surface area (Å²) >= 11 is 3.47. The minimum absolute atomic E-state index is 0.696. The molecule has 3 heteroatoms. The summed E-state index contributed by atoms with van der Waals surface area (Å²) in [5.41, 5.74) is 1.37. The summed E-state index contributed by atoms with van der Waals surface area (Å²) in [6.07, 6.45) is 5.24. The van der Waals surface area contributed by atoms with E-state index in [1.807, 2.05) is 0 Å². The number of unbranched alkanes of at least 4 members (excludes halogenated alkanes) is 1. The second-order valence-corrected chi connectivity index (χ2v) is 6.39. The van der Waals surface area contributed by atoms with Crippen LogP contribution in [-0.4, -0.2) is 30.6 Å². The zero-order valence-corrected chi connectivity index (χ0v) is 13.5. The van der Waals surface area contributed by atoms with Crippen molar-refractivity contribution in [1.82, 2.24) is 10.2 Å². The van der Waals surface area contributed by atoms with Crippen LogP contribution in [0.2, 0.25) is 0 Å². The van der Waals surface area contributed by atoms with Crippen LogP contribution >= 0.6 is 15.9 Å². The summed E-state index contributed by atoms with van der Waals surface area (Å²) in [7, 11) is 0. The molecular weight excluding hydrogens is 300 g/mol. The third-order valence-corrected chi connectivity index (χ3v) is 4.45. The highest BCUT2D eigenvalue weighted by molar-refractivity contribution is 9.10. The van der Waals surface area contributed by atoms with Gasteiger partial charge in [0.15, 0.2) is 0 Å². The fourth-order valence-corrected chi connectivity index (χ4v) is 2.87. The molecule has 0 aliphatic carbocycles. The van der Waals surface area contributed by atoms with Crippen molar-refractivity contribution in [2.24, 2.45) is 0 Å². The van der Waals surface area contributed by atoms with E-state index in [0.717, 1.165) is 11.0 Å². The standard InChI is InChI=1S/C16H25BrN2/c1-2-3-10-19-11-8-16(9-12-19)18-13-14-4-6-15(17)7-5-14/h4-7,16,18H,2-3,8-13H2,1H3. The molecule has 1 aliphatic heterocycles. The minimum atomic E-state index is 0.696. The molecule has 1 saturated heterocycles. The summed E-state index contributed by atoms with van der Waals surface area (Å²) in [6.45, 7) is 7.07. The van der Waals surface area contributed by atoms with Crippen molar-refractivity contribution in [1.29, 1.82) is 0 Å². The maximum atomic E-state index is 3.69. The lowest BCUT2D eigenvalue weighted by atomic mass is 10.0. The average Bonchev–Trinajstić information content (AvgIpc) is 2.46. The van der Waals surface area contributed by atoms with Crippen LogP contribution in [0.1, 0.15) is 38.2 Å². The van der Waals surface area contributed by atoms with Gasteiger partial charge in [-0.15, -0.1) is 0 Å². The number of piperidine rings is 1. The molecule has 1 aromatic rings. The van der Waals surface area contributed by atoms with Gasteiger partial charge in [0, 0.05) is 17.1 Å². The third-order valence-electron chi connectivity index (χ3n) is 3.92. The first kappa shape index (κ1) is 15.0. The molecule has 1 fully saturated rings. The van der Waals surface area contributed by atoms with E-state index in [2.05, 4.69) is 57.3 Å². The minimum Gasteiger partial charge on any atom is -0.310 e. The Hall–Kier alpha value is -0.380. The summed E-state index contributed by atoms with van der Waals surface area (Å²) in [5, 5.41) is 3.69. The van der Waals surface area contributed by atoms with E-state index in [0.29, 0.717) is 6.04 Å². The molecule has 1 N–H and O–H groups in total. The number of rotatable bonds is 6. The van der Waals surface area contributed by atoms with Crippen LogP contribution in [-0.2, 0) is 6.54 Å². The van der Waals surface area contributed by atoms with Gasteiger partial charge >= 0.3 is 0 Å². The quantitative estimate of drug-likeness (QED) is 0.856. The molecule has 1 aliphatic rings. The molecule has 19 heavy (non-hydrogen) atoms. The second-order valence-electron chi connectivity index (χ2n) is 5.48. The molecule has 1 heterocycles.